The lowest BCUT2D eigenvalue weighted by atomic mass is 9.99. The van der Waals surface area contributed by atoms with Crippen molar-refractivity contribution in [3.05, 3.63) is 59.7 Å². The molecule has 0 bridgehead atoms. The quantitative estimate of drug-likeness (QED) is 0.847. The summed E-state index contributed by atoms with van der Waals surface area (Å²) in [6.45, 7) is 1.95. The van der Waals surface area contributed by atoms with E-state index in [0.29, 0.717) is 17.2 Å². The van der Waals surface area contributed by atoms with Crippen molar-refractivity contribution in [3.8, 4) is 6.07 Å². The molecule has 0 aliphatic carbocycles. The van der Waals surface area contributed by atoms with Gasteiger partial charge >= 0.3 is 0 Å². The summed E-state index contributed by atoms with van der Waals surface area (Å²) < 4.78 is 0. The molecule has 3 nitrogen and oxygen atoms in total. The number of hydrogen-bond donors (Lipinski definition) is 1. The monoisotopic (exact) mass is 263 g/mol. The van der Waals surface area contributed by atoms with Gasteiger partial charge in [-0.3, -0.25) is 0 Å². The van der Waals surface area contributed by atoms with E-state index in [4.69, 9.17) is 5.73 Å². The molecule has 0 aromatic heterocycles. The van der Waals surface area contributed by atoms with Crippen LogP contribution in [-0.4, -0.2) is 13.1 Å². The van der Waals surface area contributed by atoms with E-state index in [0.717, 1.165) is 25.2 Å². The van der Waals surface area contributed by atoms with Crippen LogP contribution in [0.3, 0.4) is 0 Å². The van der Waals surface area contributed by atoms with E-state index in [9.17, 15) is 5.26 Å². The van der Waals surface area contributed by atoms with Crippen LogP contribution in [0.15, 0.2) is 48.5 Å². The summed E-state index contributed by atoms with van der Waals surface area (Å²) in [6, 6.07) is 18.4. The Morgan fingerprint density at radius 2 is 1.95 bits per heavy atom. The minimum absolute atomic E-state index is 0.542. The third kappa shape index (κ3) is 2.33. The largest absolute Gasteiger partial charge is 0.399 e. The van der Waals surface area contributed by atoms with Crippen LogP contribution in [0.1, 0.15) is 23.5 Å². The second kappa shape index (κ2) is 5.26. The Kier molecular flexibility index (Phi) is 3.30. The SMILES string of the molecule is N#Cc1cc(N)ccc1N1CCC(c2ccccc2)C1. The summed E-state index contributed by atoms with van der Waals surface area (Å²) in [5, 5.41) is 9.25. The lowest BCUT2D eigenvalue weighted by molar-refractivity contribution is 0.775. The number of anilines is 2. The number of nitrogens with zero attached hydrogens (tertiary/aromatic N) is 2. The Morgan fingerprint density at radius 1 is 1.15 bits per heavy atom. The highest BCUT2D eigenvalue weighted by Crippen LogP contribution is 2.32. The summed E-state index contributed by atoms with van der Waals surface area (Å²) in [6.07, 6.45) is 1.12. The van der Waals surface area contributed by atoms with E-state index in [1.54, 1.807) is 6.07 Å². The highest BCUT2D eigenvalue weighted by atomic mass is 15.2. The molecule has 1 fully saturated rings. The molecule has 1 saturated heterocycles. The molecule has 20 heavy (non-hydrogen) atoms. The van der Waals surface area contributed by atoms with E-state index < -0.39 is 0 Å². The summed E-state index contributed by atoms with van der Waals surface area (Å²) in [5.74, 6) is 0.542. The second-order valence-corrected chi connectivity index (χ2v) is 5.23. The molecule has 100 valence electrons. The van der Waals surface area contributed by atoms with Crippen LogP contribution >= 0.6 is 0 Å². The van der Waals surface area contributed by atoms with Crippen LogP contribution < -0.4 is 10.6 Å². The summed E-state index contributed by atoms with van der Waals surface area (Å²) in [5.41, 5.74) is 9.44. The number of nitrogens with two attached hydrogens (primary N) is 1. The number of benzene rings is 2. The van der Waals surface area contributed by atoms with Crippen LogP contribution in [0.25, 0.3) is 0 Å². The topological polar surface area (TPSA) is 53.1 Å². The van der Waals surface area contributed by atoms with Crippen LogP contribution in [0.5, 0.6) is 0 Å². The molecule has 0 spiro atoms. The fourth-order valence-corrected chi connectivity index (χ4v) is 2.90. The average Bonchev–Trinajstić information content (AvgIpc) is 2.97. The predicted octanol–water partition coefficient (Wildman–Crippen LogP) is 3.13. The maximum Gasteiger partial charge on any atom is 0.101 e. The molecule has 2 aromatic carbocycles. The Morgan fingerprint density at radius 3 is 2.70 bits per heavy atom. The van der Waals surface area contributed by atoms with E-state index in [1.807, 2.05) is 18.2 Å². The van der Waals surface area contributed by atoms with Gasteiger partial charge in [-0.1, -0.05) is 30.3 Å². The van der Waals surface area contributed by atoms with Gasteiger partial charge in [0, 0.05) is 24.7 Å². The molecule has 1 aliphatic rings. The number of nitriles is 1. The van der Waals surface area contributed by atoms with Crippen LogP contribution in [0.4, 0.5) is 11.4 Å². The Balaban J connectivity index is 1.83. The van der Waals surface area contributed by atoms with Crippen molar-refractivity contribution >= 4 is 11.4 Å². The Bertz CT molecular complexity index is 643. The summed E-state index contributed by atoms with van der Waals surface area (Å²) in [7, 11) is 0. The maximum absolute atomic E-state index is 9.25. The highest BCUT2D eigenvalue weighted by molar-refractivity contribution is 5.65. The molecule has 1 heterocycles. The first-order chi connectivity index (χ1) is 9.78. The molecule has 1 aliphatic heterocycles. The van der Waals surface area contributed by atoms with E-state index in [1.165, 1.54) is 5.56 Å². The van der Waals surface area contributed by atoms with E-state index in [-0.39, 0.29) is 0 Å². The Hall–Kier alpha value is -2.47. The Labute approximate surface area is 119 Å². The highest BCUT2D eigenvalue weighted by Gasteiger charge is 2.25. The van der Waals surface area contributed by atoms with Crippen LogP contribution in [0.2, 0.25) is 0 Å². The van der Waals surface area contributed by atoms with Crippen LogP contribution in [-0.2, 0) is 0 Å². The second-order valence-electron chi connectivity index (χ2n) is 5.23. The molecule has 0 saturated carbocycles. The smallest absolute Gasteiger partial charge is 0.101 e. The van der Waals surface area contributed by atoms with Gasteiger partial charge < -0.3 is 10.6 Å². The first-order valence-electron chi connectivity index (χ1n) is 6.87. The van der Waals surface area contributed by atoms with Crippen molar-refractivity contribution in [2.45, 2.75) is 12.3 Å². The molecule has 2 N–H and O–H groups in total. The van der Waals surface area contributed by atoms with Gasteiger partial charge in [-0.05, 0) is 30.2 Å². The van der Waals surface area contributed by atoms with Gasteiger partial charge in [0.05, 0.1) is 11.3 Å². The molecule has 0 radical (unpaired) electrons. The molecule has 3 rings (SSSR count). The van der Waals surface area contributed by atoms with Crippen molar-refractivity contribution in [2.24, 2.45) is 0 Å². The van der Waals surface area contributed by atoms with Gasteiger partial charge in [0.1, 0.15) is 6.07 Å². The third-order valence-corrected chi connectivity index (χ3v) is 3.94. The zero-order valence-electron chi connectivity index (χ0n) is 11.3. The summed E-state index contributed by atoms with van der Waals surface area (Å²) >= 11 is 0. The first kappa shape index (κ1) is 12.6. The first-order valence-corrected chi connectivity index (χ1v) is 6.87. The van der Waals surface area contributed by atoms with Crippen molar-refractivity contribution < 1.29 is 0 Å². The van der Waals surface area contributed by atoms with Gasteiger partial charge in [0.25, 0.3) is 0 Å². The lowest BCUT2D eigenvalue weighted by Gasteiger charge is -2.20. The van der Waals surface area contributed by atoms with Gasteiger partial charge in [-0.15, -0.1) is 0 Å². The number of hydrogen-bond acceptors (Lipinski definition) is 3. The molecule has 3 heteroatoms. The zero-order chi connectivity index (χ0) is 13.9. The fraction of sp³-hybridized carbons (Fsp3) is 0.235. The van der Waals surface area contributed by atoms with Gasteiger partial charge in [0.15, 0.2) is 0 Å². The molecular weight excluding hydrogens is 246 g/mol. The average molecular weight is 263 g/mol. The van der Waals surface area contributed by atoms with Gasteiger partial charge in [-0.25, -0.2) is 0 Å². The van der Waals surface area contributed by atoms with Gasteiger partial charge in [0.2, 0.25) is 0 Å². The fourth-order valence-electron chi connectivity index (χ4n) is 2.90. The zero-order valence-corrected chi connectivity index (χ0v) is 11.3. The van der Waals surface area contributed by atoms with E-state index in [2.05, 4.69) is 35.2 Å². The van der Waals surface area contributed by atoms with Crippen LogP contribution in [0, 0.1) is 11.3 Å². The number of rotatable bonds is 2. The van der Waals surface area contributed by atoms with Crippen molar-refractivity contribution in [1.82, 2.24) is 0 Å². The van der Waals surface area contributed by atoms with Crippen molar-refractivity contribution in [2.75, 3.05) is 23.7 Å². The minimum atomic E-state index is 0.542. The van der Waals surface area contributed by atoms with Crippen molar-refractivity contribution in [3.63, 3.8) is 0 Å². The normalized spacial score (nSPS) is 17.9. The third-order valence-electron chi connectivity index (χ3n) is 3.94. The standard InChI is InChI=1S/C17H17N3/c18-11-15-10-16(19)6-7-17(15)20-9-8-14(12-20)13-4-2-1-3-5-13/h1-7,10,14H,8-9,12,19H2. The van der Waals surface area contributed by atoms with Crippen molar-refractivity contribution in [1.29, 1.82) is 5.26 Å². The molecular formula is C17H17N3. The van der Waals surface area contributed by atoms with Gasteiger partial charge in [-0.2, -0.15) is 5.26 Å². The predicted molar refractivity (Wildman–Crippen MR) is 81.6 cm³/mol. The minimum Gasteiger partial charge on any atom is -0.399 e. The van der Waals surface area contributed by atoms with E-state index >= 15 is 0 Å². The molecule has 1 unspecified atom stereocenters. The summed E-state index contributed by atoms with van der Waals surface area (Å²) in [4.78, 5) is 2.29. The molecule has 2 aromatic rings. The maximum atomic E-state index is 9.25. The molecule has 1 atom stereocenters. The number of nitrogen functional groups attached to an aromatic ring is 1. The molecule has 0 amide bonds. The lowest BCUT2D eigenvalue weighted by Crippen LogP contribution is -2.20.